The quantitative estimate of drug-likeness (QED) is 0.390. The van der Waals surface area contributed by atoms with E-state index in [0.29, 0.717) is 24.6 Å². The van der Waals surface area contributed by atoms with Gasteiger partial charge in [-0.25, -0.2) is 9.37 Å². The second-order valence-electron chi connectivity index (χ2n) is 13.3. The largest absolute Gasteiger partial charge is 0.376 e. The Morgan fingerprint density at radius 2 is 1.85 bits per heavy atom. The summed E-state index contributed by atoms with van der Waals surface area (Å²) in [6.45, 7) is 6.37. The summed E-state index contributed by atoms with van der Waals surface area (Å²) >= 11 is 1.53. The minimum absolute atomic E-state index is 0.0721. The number of thiazole rings is 1. The fourth-order valence-electron chi connectivity index (χ4n) is 7.82. The molecule has 1 spiro atoms. The number of fused-ring (bicyclic) bond motifs is 1. The van der Waals surface area contributed by atoms with Crippen molar-refractivity contribution in [1.82, 2.24) is 15.2 Å². The molecule has 3 unspecified atom stereocenters. The van der Waals surface area contributed by atoms with E-state index in [2.05, 4.69) is 34.1 Å². The predicted octanol–water partition coefficient (Wildman–Crippen LogP) is 5.62. The number of likely N-dealkylation sites (tertiary alicyclic amines) is 1. The summed E-state index contributed by atoms with van der Waals surface area (Å²) in [6.07, 6.45) is 12.5. The smallest absolute Gasteiger partial charge is 0.226 e. The van der Waals surface area contributed by atoms with Gasteiger partial charge in [-0.15, -0.1) is 11.3 Å². The fourth-order valence-corrected chi connectivity index (χ4v) is 8.64. The molecule has 9 heteroatoms. The van der Waals surface area contributed by atoms with E-state index in [1.807, 2.05) is 0 Å². The molecule has 6 rings (SSSR count). The second kappa shape index (κ2) is 12.8. The summed E-state index contributed by atoms with van der Waals surface area (Å²) < 4.78 is 28.4. The Hall–Kier alpha value is -1.81. The van der Waals surface area contributed by atoms with Crippen molar-refractivity contribution < 1.29 is 18.7 Å². The molecule has 41 heavy (non-hydrogen) atoms. The van der Waals surface area contributed by atoms with Crippen molar-refractivity contribution in [3.63, 3.8) is 0 Å². The summed E-state index contributed by atoms with van der Waals surface area (Å²) in [6, 6.07) is 2.91. The molecule has 0 radical (unpaired) electrons. The Morgan fingerprint density at radius 3 is 2.59 bits per heavy atom. The van der Waals surface area contributed by atoms with Crippen molar-refractivity contribution in [2.45, 2.75) is 89.4 Å². The van der Waals surface area contributed by atoms with E-state index in [-0.39, 0.29) is 41.3 Å². The molecule has 226 valence electrons. The van der Waals surface area contributed by atoms with Crippen LogP contribution in [0.25, 0.3) is 10.2 Å². The number of nitrogens with one attached hydrogen (secondary N) is 1. The van der Waals surface area contributed by atoms with Crippen LogP contribution >= 0.6 is 11.3 Å². The highest BCUT2D eigenvalue weighted by Gasteiger charge is 2.56. The number of carbonyl (C=O) groups is 1. The second-order valence-corrected chi connectivity index (χ2v) is 14.2. The van der Waals surface area contributed by atoms with Crippen LogP contribution < -0.4 is 10.2 Å². The Morgan fingerprint density at radius 1 is 1.12 bits per heavy atom. The summed E-state index contributed by atoms with van der Waals surface area (Å²) in [4.78, 5) is 23.0. The van der Waals surface area contributed by atoms with Gasteiger partial charge in [-0.3, -0.25) is 4.79 Å². The lowest BCUT2D eigenvalue weighted by molar-refractivity contribution is -0.135. The molecule has 1 aromatic carbocycles. The maximum atomic E-state index is 14.6. The first-order valence-corrected chi connectivity index (χ1v) is 16.8. The van der Waals surface area contributed by atoms with Gasteiger partial charge >= 0.3 is 0 Å². The van der Waals surface area contributed by atoms with Crippen molar-refractivity contribution >= 4 is 33.1 Å². The highest BCUT2D eigenvalue weighted by molar-refractivity contribution is 7.17. The molecule has 1 N–H and O–H groups in total. The first-order valence-electron chi connectivity index (χ1n) is 15.9. The lowest BCUT2D eigenvalue weighted by Crippen LogP contribution is -2.62. The van der Waals surface area contributed by atoms with Gasteiger partial charge in [-0.1, -0.05) is 38.5 Å². The first-order chi connectivity index (χ1) is 19.9. The Labute approximate surface area is 248 Å². The Kier molecular flexibility index (Phi) is 9.15. The maximum absolute atomic E-state index is 14.6. The normalized spacial score (nSPS) is 25.4. The third kappa shape index (κ3) is 6.58. The van der Waals surface area contributed by atoms with Crippen molar-refractivity contribution in [2.24, 2.45) is 17.3 Å². The fraction of sp³-hybridized carbons (Fsp3) is 0.750. The highest BCUT2D eigenvalue weighted by Crippen LogP contribution is 2.46. The molecule has 4 fully saturated rings. The number of aromatic nitrogens is 1. The van der Waals surface area contributed by atoms with E-state index in [1.165, 1.54) is 68.8 Å². The molecule has 2 saturated carbocycles. The van der Waals surface area contributed by atoms with E-state index in [1.54, 1.807) is 11.6 Å². The SMILES string of the molecule is CC(OCC1CCCCC1)C(COC1CCCCC1)NC(=O)C1CN(c2cc(F)cc3ncsc23)CC12CN(C)C2. The molecule has 3 heterocycles. The monoisotopic (exact) mass is 586 g/mol. The van der Waals surface area contributed by atoms with Gasteiger partial charge in [0.15, 0.2) is 0 Å². The lowest BCUT2D eigenvalue weighted by atomic mass is 9.71. The molecule has 3 atom stereocenters. The number of ether oxygens (including phenoxy) is 2. The van der Waals surface area contributed by atoms with Crippen LogP contribution in [0.3, 0.4) is 0 Å². The van der Waals surface area contributed by atoms with Gasteiger partial charge in [0, 0.05) is 44.3 Å². The summed E-state index contributed by atoms with van der Waals surface area (Å²) in [5.41, 5.74) is 3.16. The third-order valence-electron chi connectivity index (χ3n) is 10.1. The zero-order valence-electron chi connectivity index (χ0n) is 24.8. The minimum atomic E-state index is -0.282. The van der Waals surface area contributed by atoms with Crippen LogP contribution in [-0.2, 0) is 14.3 Å². The van der Waals surface area contributed by atoms with Crippen LogP contribution in [0.1, 0.15) is 71.1 Å². The van der Waals surface area contributed by atoms with Gasteiger partial charge in [-0.2, -0.15) is 0 Å². The van der Waals surface area contributed by atoms with Crippen molar-refractivity contribution in [3.8, 4) is 0 Å². The summed E-state index contributed by atoms with van der Waals surface area (Å²) in [5, 5.41) is 3.42. The van der Waals surface area contributed by atoms with Crippen molar-refractivity contribution in [1.29, 1.82) is 0 Å². The highest BCUT2D eigenvalue weighted by atomic mass is 32.1. The van der Waals surface area contributed by atoms with Crippen LogP contribution in [0.2, 0.25) is 0 Å². The third-order valence-corrected chi connectivity index (χ3v) is 11.0. The lowest BCUT2D eigenvalue weighted by Gasteiger charge is -2.49. The molecule has 2 aliphatic carbocycles. The predicted molar refractivity (Wildman–Crippen MR) is 162 cm³/mol. The van der Waals surface area contributed by atoms with Crippen LogP contribution in [0.5, 0.6) is 0 Å². The van der Waals surface area contributed by atoms with Crippen LogP contribution in [0, 0.1) is 23.1 Å². The average molecular weight is 587 g/mol. The van der Waals surface area contributed by atoms with Gasteiger partial charge in [-0.05, 0) is 51.6 Å². The van der Waals surface area contributed by atoms with Gasteiger partial charge in [0.25, 0.3) is 0 Å². The maximum Gasteiger partial charge on any atom is 0.226 e. The number of nitrogens with zero attached hydrogens (tertiary/aromatic N) is 3. The first kappa shape index (κ1) is 29.3. The molecule has 1 aromatic heterocycles. The van der Waals surface area contributed by atoms with E-state index < -0.39 is 0 Å². The molecule has 0 bridgehead atoms. The molecule has 2 aromatic rings. The topological polar surface area (TPSA) is 66.9 Å². The molecule has 1 amide bonds. The summed E-state index contributed by atoms with van der Waals surface area (Å²) in [5.74, 6) is 0.222. The van der Waals surface area contributed by atoms with Crippen molar-refractivity contribution in [3.05, 3.63) is 23.5 Å². The summed E-state index contributed by atoms with van der Waals surface area (Å²) in [7, 11) is 2.11. The van der Waals surface area contributed by atoms with Crippen LogP contribution in [0.4, 0.5) is 10.1 Å². The van der Waals surface area contributed by atoms with Gasteiger partial charge in [0.1, 0.15) is 5.82 Å². The number of rotatable bonds is 10. The van der Waals surface area contributed by atoms with E-state index in [9.17, 15) is 9.18 Å². The number of halogens is 1. The number of hydrogen-bond donors (Lipinski definition) is 1. The van der Waals surface area contributed by atoms with Gasteiger partial charge < -0.3 is 24.6 Å². The Bertz CT molecular complexity index is 1170. The van der Waals surface area contributed by atoms with Gasteiger partial charge in [0.05, 0.1) is 52.2 Å². The van der Waals surface area contributed by atoms with E-state index >= 15 is 0 Å². The van der Waals surface area contributed by atoms with E-state index in [4.69, 9.17) is 9.47 Å². The zero-order chi connectivity index (χ0) is 28.4. The number of carbonyl (C=O) groups excluding carboxylic acids is 1. The molecule has 7 nitrogen and oxygen atoms in total. The molecule has 2 saturated heterocycles. The minimum Gasteiger partial charge on any atom is -0.376 e. The molecule has 4 aliphatic rings. The van der Waals surface area contributed by atoms with Crippen LogP contribution in [-0.4, -0.2) is 80.5 Å². The number of amides is 1. The van der Waals surface area contributed by atoms with Crippen LogP contribution in [0.15, 0.2) is 17.6 Å². The average Bonchev–Trinajstić information content (AvgIpc) is 3.60. The Balaban J connectivity index is 1.16. The number of hydrogen-bond acceptors (Lipinski definition) is 7. The molecule has 2 aliphatic heterocycles. The molecular formula is C32H47FN4O3S. The van der Waals surface area contributed by atoms with Crippen molar-refractivity contribution in [2.75, 3.05) is 51.3 Å². The molecular weight excluding hydrogens is 539 g/mol. The number of anilines is 1. The zero-order valence-corrected chi connectivity index (χ0v) is 25.6. The van der Waals surface area contributed by atoms with Gasteiger partial charge in [0.2, 0.25) is 5.91 Å². The van der Waals surface area contributed by atoms with E-state index in [0.717, 1.165) is 49.5 Å². The number of benzene rings is 1. The standard InChI is InChI=1S/C32H47FN4O3S/c1-22(39-16-23-9-5-3-6-10-23)28(17-40-25-11-7-4-8-12-25)35-31(38)26-15-37(20-32(26)18-36(2)19-32)29-14-24(33)13-27-30(29)41-21-34-27/h13-14,21-23,25-26,28H,3-12,15-20H2,1-2H3,(H,35,38).